The molecule has 0 aromatic heterocycles. The summed E-state index contributed by atoms with van der Waals surface area (Å²) in [6.45, 7) is 1.67. The van der Waals surface area contributed by atoms with Crippen molar-refractivity contribution in [1.82, 2.24) is 5.32 Å². The Hall–Kier alpha value is -0.450. The number of ether oxygens (including phenoxy) is 1. The van der Waals surface area contributed by atoms with Crippen LogP contribution in [0.3, 0.4) is 0 Å². The highest BCUT2D eigenvalue weighted by Gasteiger charge is 2.22. The first kappa shape index (κ1) is 14.0. The van der Waals surface area contributed by atoms with E-state index >= 15 is 0 Å². The van der Waals surface area contributed by atoms with Gasteiger partial charge in [-0.1, -0.05) is 12.1 Å². The first-order valence-electron chi connectivity index (χ1n) is 6.41. The number of nitrogens with one attached hydrogen (secondary N) is 1. The van der Waals surface area contributed by atoms with Crippen LogP contribution in [0.2, 0.25) is 0 Å². The standard InChI is InChI=1S/C14H19BrFNO/c1-17-13(9-10-5-7-18-8-6-10)11-3-2-4-12(15)14(11)16/h2-4,10,13,17H,5-9H2,1H3. The Bertz CT molecular complexity index is 393. The van der Waals surface area contributed by atoms with E-state index < -0.39 is 0 Å². The monoisotopic (exact) mass is 315 g/mol. The van der Waals surface area contributed by atoms with E-state index in [1.165, 1.54) is 0 Å². The summed E-state index contributed by atoms with van der Waals surface area (Å²) in [5.41, 5.74) is 0.748. The fourth-order valence-electron chi connectivity index (χ4n) is 2.51. The molecule has 100 valence electrons. The van der Waals surface area contributed by atoms with Gasteiger partial charge in [0.05, 0.1) is 4.47 Å². The van der Waals surface area contributed by atoms with E-state index in [4.69, 9.17) is 4.74 Å². The van der Waals surface area contributed by atoms with Gasteiger partial charge >= 0.3 is 0 Å². The van der Waals surface area contributed by atoms with Crippen molar-refractivity contribution in [2.24, 2.45) is 5.92 Å². The molecule has 1 heterocycles. The zero-order valence-electron chi connectivity index (χ0n) is 10.6. The molecule has 0 spiro atoms. The molecule has 1 aromatic carbocycles. The molecule has 18 heavy (non-hydrogen) atoms. The Morgan fingerprint density at radius 2 is 2.17 bits per heavy atom. The molecular weight excluding hydrogens is 297 g/mol. The summed E-state index contributed by atoms with van der Waals surface area (Å²) < 4.78 is 20.0. The fourth-order valence-corrected chi connectivity index (χ4v) is 2.89. The average molecular weight is 316 g/mol. The SMILES string of the molecule is CNC(CC1CCOCC1)c1cccc(Br)c1F. The van der Waals surface area contributed by atoms with E-state index in [1.807, 2.05) is 19.2 Å². The van der Waals surface area contributed by atoms with Crippen LogP contribution in [0, 0.1) is 11.7 Å². The second-order valence-corrected chi connectivity index (χ2v) is 5.63. The number of rotatable bonds is 4. The van der Waals surface area contributed by atoms with Crippen LogP contribution in [0.25, 0.3) is 0 Å². The first-order chi connectivity index (χ1) is 8.72. The van der Waals surface area contributed by atoms with Gasteiger partial charge in [-0.25, -0.2) is 4.39 Å². The first-order valence-corrected chi connectivity index (χ1v) is 7.20. The van der Waals surface area contributed by atoms with Crippen molar-refractivity contribution in [3.8, 4) is 0 Å². The second kappa shape index (κ2) is 6.64. The highest BCUT2D eigenvalue weighted by atomic mass is 79.9. The third-order valence-corrected chi connectivity index (χ3v) is 4.23. The van der Waals surface area contributed by atoms with Crippen LogP contribution in [0.4, 0.5) is 4.39 Å². The summed E-state index contributed by atoms with van der Waals surface area (Å²) in [4.78, 5) is 0. The molecule has 1 unspecified atom stereocenters. The van der Waals surface area contributed by atoms with Crippen molar-refractivity contribution in [3.63, 3.8) is 0 Å². The van der Waals surface area contributed by atoms with Gasteiger partial charge in [0.1, 0.15) is 5.82 Å². The number of hydrogen-bond acceptors (Lipinski definition) is 2. The highest BCUT2D eigenvalue weighted by molar-refractivity contribution is 9.10. The van der Waals surface area contributed by atoms with Crippen molar-refractivity contribution in [2.75, 3.05) is 20.3 Å². The van der Waals surface area contributed by atoms with Gasteiger partial charge in [-0.2, -0.15) is 0 Å². The smallest absolute Gasteiger partial charge is 0.142 e. The zero-order chi connectivity index (χ0) is 13.0. The van der Waals surface area contributed by atoms with E-state index in [2.05, 4.69) is 21.2 Å². The van der Waals surface area contributed by atoms with Gasteiger partial charge in [-0.15, -0.1) is 0 Å². The Balaban J connectivity index is 2.09. The second-order valence-electron chi connectivity index (χ2n) is 4.78. The van der Waals surface area contributed by atoms with Crippen LogP contribution in [-0.2, 0) is 4.74 Å². The summed E-state index contributed by atoms with van der Waals surface area (Å²) in [5, 5.41) is 3.23. The normalized spacial score (nSPS) is 18.8. The molecule has 2 rings (SSSR count). The summed E-state index contributed by atoms with van der Waals surface area (Å²) >= 11 is 3.25. The predicted octanol–water partition coefficient (Wildman–Crippen LogP) is 3.67. The van der Waals surface area contributed by atoms with Crippen molar-refractivity contribution >= 4 is 15.9 Å². The molecule has 1 aliphatic rings. The molecule has 0 saturated carbocycles. The van der Waals surface area contributed by atoms with Gasteiger partial charge in [-0.05, 0) is 54.2 Å². The number of halogens is 2. The van der Waals surface area contributed by atoms with Crippen LogP contribution >= 0.6 is 15.9 Å². The van der Waals surface area contributed by atoms with Gasteiger partial charge in [0, 0.05) is 24.8 Å². The van der Waals surface area contributed by atoms with Crippen LogP contribution in [-0.4, -0.2) is 20.3 Å². The number of hydrogen-bond donors (Lipinski definition) is 1. The molecule has 1 fully saturated rings. The van der Waals surface area contributed by atoms with Crippen molar-refractivity contribution in [1.29, 1.82) is 0 Å². The molecular formula is C14H19BrFNO. The quantitative estimate of drug-likeness (QED) is 0.915. The van der Waals surface area contributed by atoms with Gasteiger partial charge in [0.2, 0.25) is 0 Å². The third-order valence-electron chi connectivity index (χ3n) is 3.62. The Kier molecular flexibility index (Phi) is 5.15. The lowest BCUT2D eigenvalue weighted by atomic mass is 9.89. The summed E-state index contributed by atoms with van der Waals surface area (Å²) in [6.07, 6.45) is 3.12. The Morgan fingerprint density at radius 3 is 2.83 bits per heavy atom. The topological polar surface area (TPSA) is 21.3 Å². The number of benzene rings is 1. The molecule has 1 N–H and O–H groups in total. The van der Waals surface area contributed by atoms with E-state index in [1.54, 1.807) is 6.07 Å². The molecule has 0 amide bonds. The maximum Gasteiger partial charge on any atom is 0.142 e. The third kappa shape index (κ3) is 3.31. The molecule has 1 saturated heterocycles. The minimum atomic E-state index is -0.149. The minimum absolute atomic E-state index is 0.0746. The van der Waals surface area contributed by atoms with Gasteiger partial charge in [-0.3, -0.25) is 0 Å². The molecule has 1 aromatic rings. The maximum atomic E-state index is 14.1. The van der Waals surface area contributed by atoms with E-state index in [0.29, 0.717) is 10.4 Å². The molecule has 0 aliphatic carbocycles. The van der Waals surface area contributed by atoms with Crippen molar-refractivity contribution in [2.45, 2.75) is 25.3 Å². The van der Waals surface area contributed by atoms with E-state index in [-0.39, 0.29) is 11.9 Å². The lowest BCUT2D eigenvalue weighted by Gasteiger charge is -2.27. The maximum absolute atomic E-state index is 14.1. The molecule has 0 radical (unpaired) electrons. The molecule has 4 heteroatoms. The Labute approximate surface area is 116 Å². The van der Waals surface area contributed by atoms with Crippen LogP contribution < -0.4 is 5.32 Å². The lowest BCUT2D eigenvalue weighted by molar-refractivity contribution is 0.0607. The molecule has 2 nitrogen and oxygen atoms in total. The van der Waals surface area contributed by atoms with E-state index in [9.17, 15) is 4.39 Å². The van der Waals surface area contributed by atoms with E-state index in [0.717, 1.165) is 38.0 Å². The highest BCUT2D eigenvalue weighted by Crippen LogP contribution is 2.30. The summed E-state index contributed by atoms with van der Waals surface area (Å²) in [6, 6.07) is 5.56. The van der Waals surface area contributed by atoms with Crippen LogP contribution in [0.15, 0.2) is 22.7 Å². The van der Waals surface area contributed by atoms with Gasteiger partial charge < -0.3 is 10.1 Å². The fraction of sp³-hybridized carbons (Fsp3) is 0.571. The van der Waals surface area contributed by atoms with Crippen LogP contribution in [0.1, 0.15) is 30.9 Å². The zero-order valence-corrected chi connectivity index (χ0v) is 12.2. The van der Waals surface area contributed by atoms with Crippen molar-refractivity contribution < 1.29 is 9.13 Å². The summed E-state index contributed by atoms with van der Waals surface area (Å²) in [5.74, 6) is 0.471. The average Bonchev–Trinajstić information content (AvgIpc) is 2.41. The largest absolute Gasteiger partial charge is 0.381 e. The predicted molar refractivity (Wildman–Crippen MR) is 74.1 cm³/mol. The van der Waals surface area contributed by atoms with Gasteiger partial charge in [0.15, 0.2) is 0 Å². The van der Waals surface area contributed by atoms with Crippen molar-refractivity contribution in [3.05, 3.63) is 34.1 Å². The summed E-state index contributed by atoms with van der Waals surface area (Å²) in [7, 11) is 1.89. The van der Waals surface area contributed by atoms with Gasteiger partial charge in [0.25, 0.3) is 0 Å². The van der Waals surface area contributed by atoms with Crippen LogP contribution in [0.5, 0.6) is 0 Å². The lowest BCUT2D eigenvalue weighted by Crippen LogP contribution is -2.24. The molecule has 1 atom stereocenters. The molecule has 1 aliphatic heterocycles. The minimum Gasteiger partial charge on any atom is -0.381 e. The molecule has 0 bridgehead atoms. The Morgan fingerprint density at radius 1 is 1.44 bits per heavy atom.